The van der Waals surface area contributed by atoms with E-state index in [0.717, 1.165) is 17.6 Å². The van der Waals surface area contributed by atoms with Crippen LogP contribution in [0.15, 0.2) is 24.5 Å². The van der Waals surface area contributed by atoms with E-state index in [9.17, 15) is 14.9 Å². The van der Waals surface area contributed by atoms with Gasteiger partial charge in [-0.1, -0.05) is 6.92 Å². The number of nitriles is 1. The number of nitrogens with zero attached hydrogens (tertiary/aromatic N) is 5. The molecule has 146 valence electrons. The molecule has 2 aliphatic rings. The lowest BCUT2D eigenvalue weighted by molar-refractivity contribution is -0.136. The van der Waals surface area contributed by atoms with E-state index in [1.165, 1.54) is 6.20 Å². The summed E-state index contributed by atoms with van der Waals surface area (Å²) < 4.78 is 1.71. The zero-order chi connectivity index (χ0) is 20.1. The standard InChI is InChI=1S/C20H24N6O2/c1-13-5-9-25(19(28)20(12-21)6-7-20)11-16(13)24(2)17-14(18(22)27)10-23-26-8-3-4-15(17)26/h3-4,8,10,13,16H,5-7,9,11H2,1-2H3,(H2,22,27). The fourth-order valence-corrected chi connectivity index (χ4v) is 4.24. The summed E-state index contributed by atoms with van der Waals surface area (Å²) in [5.41, 5.74) is 6.69. The van der Waals surface area contributed by atoms with Gasteiger partial charge in [-0.25, -0.2) is 4.52 Å². The predicted molar refractivity (Wildman–Crippen MR) is 104 cm³/mol. The summed E-state index contributed by atoms with van der Waals surface area (Å²) in [7, 11) is 1.93. The maximum Gasteiger partial charge on any atom is 0.252 e. The van der Waals surface area contributed by atoms with Crippen molar-refractivity contribution in [1.82, 2.24) is 14.5 Å². The van der Waals surface area contributed by atoms with Gasteiger partial charge < -0.3 is 15.5 Å². The van der Waals surface area contributed by atoms with Crippen LogP contribution in [0.25, 0.3) is 5.52 Å². The van der Waals surface area contributed by atoms with Gasteiger partial charge in [0.2, 0.25) is 5.91 Å². The maximum atomic E-state index is 12.9. The van der Waals surface area contributed by atoms with Crippen LogP contribution in [0.4, 0.5) is 5.69 Å². The molecule has 0 spiro atoms. The normalized spacial score (nSPS) is 23.2. The van der Waals surface area contributed by atoms with Crippen molar-refractivity contribution < 1.29 is 9.59 Å². The number of hydrogen-bond donors (Lipinski definition) is 1. The number of amides is 2. The van der Waals surface area contributed by atoms with Crippen LogP contribution >= 0.6 is 0 Å². The second kappa shape index (κ2) is 6.51. The predicted octanol–water partition coefficient (Wildman–Crippen LogP) is 1.41. The number of fused-ring (bicyclic) bond motifs is 1. The van der Waals surface area contributed by atoms with E-state index in [2.05, 4.69) is 18.1 Å². The van der Waals surface area contributed by atoms with Gasteiger partial charge in [0.15, 0.2) is 0 Å². The van der Waals surface area contributed by atoms with E-state index >= 15 is 0 Å². The first-order chi connectivity index (χ1) is 13.4. The van der Waals surface area contributed by atoms with E-state index in [4.69, 9.17) is 5.73 Å². The van der Waals surface area contributed by atoms with Gasteiger partial charge in [-0.15, -0.1) is 0 Å². The second-order valence-corrected chi connectivity index (χ2v) is 8.00. The Morgan fingerprint density at radius 3 is 2.82 bits per heavy atom. The molecule has 0 bridgehead atoms. The lowest BCUT2D eigenvalue weighted by Crippen LogP contribution is -2.54. The number of hydrogen-bond acceptors (Lipinski definition) is 5. The van der Waals surface area contributed by atoms with E-state index in [0.29, 0.717) is 37.4 Å². The average Bonchev–Trinajstić information content (AvgIpc) is 3.35. The molecule has 2 N–H and O–H groups in total. The summed E-state index contributed by atoms with van der Waals surface area (Å²) in [6.45, 7) is 3.33. The zero-order valence-corrected chi connectivity index (χ0v) is 16.1. The smallest absolute Gasteiger partial charge is 0.252 e. The summed E-state index contributed by atoms with van der Waals surface area (Å²) in [6.07, 6.45) is 5.45. The van der Waals surface area contributed by atoms with Crippen molar-refractivity contribution >= 4 is 23.0 Å². The van der Waals surface area contributed by atoms with Crippen molar-refractivity contribution in [2.24, 2.45) is 17.1 Å². The monoisotopic (exact) mass is 380 g/mol. The molecule has 2 atom stereocenters. The van der Waals surface area contributed by atoms with Gasteiger partial charge in [-0.2, -0.15) is 10.4 Å². The first-order valence-corrected chi connectivity index (χ1v) is 9.57. The molecule has 0 aromatic carbocycles. The molecule has 1 aliphatic carbocycles. The van der Waals surface area contributed by atoms with Gasteiger partial charge in [-0.3, -0.25) is 9.59 Å². The van der Waals surface area contributed by atoms with Crippen LogP contribution in [0.1, 0.15) is 36.5 Å². The molecule has 1 saturated heterocycles. The van der Waals surface area contributed by atoms with Crippen LogP contribution < -0.4 is 10.6 Å². The third-order valence-electron chi connectivity index (χ3n) is 6.23. The van der Waals surface area contributed by atoms with E-state index in [1.807, 2.05) is 35.2 Å². The third kappa shape index (κ3) is 2.78. The number of carbonyl (C=O) groups is 2. The second-order valence-electron chi connectivity index (χ2n) is 8.00. The Balaban J connectivity index is 1.68. The van der Waals surface area contributed by atoms with Gasteiger partial charge >= 0.3 is 0 Å². The molecule has 2 unspecified atom stereocenters. The van der Waals surface area contributed by atoms with Crippen molar-refractivity contribution in [3.8, 4) is 6.07 Å². The van der Waals surface area contributed by atoms with Crippen molar-refractivity contribution in [2.45, 2.75) is 32.2 Å². The Kier molecular flexibility index (Phi) is 4.26. The van der Waals surface area contributed by atoms with Crippen LogP contribution in [-0.2, 0) is 4.79 Å². The Morgan fingerprint density at radius 1 is 1.43 bits per heavy atom. The number of piperidine rings is 1. The van der Waals surface area contributed by atoms with Crippen LogP contribution in [0, 0.1) is 22.7 Å². The van der Waals surface area contributed by atoms with Gasteiger partial charge in [-0.05, 0) is 37.3 Å². The number of aromatic nitrogens is 2. The molecule has 2 fully saturated rings. The molecular formula is C20H24N6O2. The molecular weight excluding hydrogens is 356 g/mol. The van der Waals surface area contributed by atoms with Crippen LogP contribution in [0.2, 0.25) is 0 Å². The van der Waals surface area contributed by atoms with Crippen molar-refractivity contribution in [1.29, 1.82) is 5.26 Å². The highest BCUT2D eigenvalue weighted by Gasteiger charge is 2.53. The summed E-state index contributed by atoms with van der Waals surface area (Å²) in [5, 5.41) is 13.6. The van der Waals surface area contributed by atoms with Crippen LogP contribution in [-0.4, -0.2) is 52.5 Å². The minimum atomic E-state index is -0.812. The Morgan fingerprint density at radius 2 is 2.18 bits per heavy atom. The third-order valence-corrected chi connectivity index (χ3v) is 6.23. The largest absolute Gasteiger partial charge is 0.367 e. The number of anilines is 1. The van der Waals surface area contributed by atoms with Crippen molar-refractivity contribution in [2.75, 3.05) is 25.0 Å². The number of likely N-dealkylation sites (tertiary alicyclic amines) is 1. The lowest BCUT2D eigenvalue weighted by Gasteiger charge is -2.43. The summed E-state index contributed by atoms with van der Waals surface area (Å²) in [4.78, 5) is 28.8. The number of nitrogens with two attached hydrogens (primary N) is 1. The molecule has 8 heteroatoms. The number of primary amides is 1. The van der Waals surface area contributed by atoms with Gasteiger partial charge in [0.25, 0.3) is 5.91 Å². The summed E-state index contributed by atoms with van der Waals surface area (Å²) in [6, 6.07) is 5.98. The first-order valence-electron chi connectivity index (χ1n) is 9.57. The van der Waals surface area contributed by atoms with E-state index < -0.39 is 11.3 Å². The fourth-order valence-electron chi connectivity index (χ4n) is 4.24. The molecule has 8 nitrogen and oxygen atoms in total. The molecule has 2 aromatic rings. The number of carbonyl (C=O) groups excluding carboxylic acids is 2. The molecule has 0 radical (unpaired) electrons. The molecule has 3 heterocycles. The lowest BCUT2D eigenvalue weighted by atomic mass is 9.90. The molecule has 1 aliphatic heterocycles. The molecule has 2 amide bonds. The Bertz CT molecular complexity index is 986. The minimum absolute atomic E-state index is 0.00592. The van der Waals surface area contributed by atoms with E-state index in [-0.39, 0.29) is 11.9 Å². The SMILES string of the molecule is CC1CCN(C(=O)C2(C#N)CC2)CC1N(C)c1c(C(N)=O)cnn2cccc12. The zero-order valence-electron chi connectivity index (χ0n) is 16.1. The van der Waals surface area contributed by atoms with Gasteiger partial charge in [0.1, 0.15) is 5.41 Å². The van der Waals surface area contributed by atoms with Crippen molar-refractivity contribution in [3.63, 3.8) is 0 Å². The molecule has 28 heavy (non-hydrogen) atoms. The van der Waals surface area contributed by atoms with E-state index in [1.54, 1.807) is 4.52 Å². The molecule has 1 saturated carbocycles. The average molecular weight is 380 g/mol. The Labute approximate surface area is 163 Å². The van der Waals surface area contributed by atoms with Crippen LogP contribution in [0.3, 0.4) is 0 Å². The minimum Gasteiger partial charge on any atom is -0.367 e. The highest BCUT2D eigenvalue weighted by Crippen LogP contribution is 2.47. The maximum absolute atomic E-state index is 12.9. The Hall–Kier alpha value is -3.08. The van der Waals surface area contributed by atoms with Crippen LogP contribution in [0.5, 0.6) is 0 Å². The topological polar surface area (TPSA) is 108 Å². The number of likely N-dealkylation sites (N-methyl/N-ethyl adjacent to an activating group) is 1. The van der Waals surface area contributed by atoms with Gasteiger partial charge in [0, 0.05) is 32.4 Å². The molecule has 2 aromatic heterocycles. The van der Waals surface area contributed by atoms with Crippen molar-refractivity contribution in [3.05, 3.63) is 30.1 Å². The highest BCUT2D eigenvalue weighted by molar-refractivity contribution is 6.02. The fraction of sp³-hybridized carbons (Fsp3) is 0.500. The molecule has 4 rings (SSSR count). The van der Waals surface area contributed by atoms with Gasteiger partial charge in [0.05, 0.1) is 29.0 Å². The summed E-state index contributed by atoms with van der Waals surface area (Å²) >= 11 is 0. The first kappa shape index (κ1) is 18.3. The highest BCUT2D eigenvalue weighted by atomic mass is 16.2. The quantitative estimate of drug-likeness (QED) is 0.863. The summed E-state index contributed by atoms with van der Waals surface area (Å²) in [5.74, 6) is -0.274. The number of rotatable bonds is 4.